The standard InChI is InChI=1S/C71H60N6/c1-6-9-26-53(4)74(59-28-15-10-16-29-59)65-49-51-67(52-50-65)77(63-36-23-14-24-37-63)66-47-42-57(43-48-66)71-70(72-68-38-25-27-55(7-2)69(68)73-71)56-40-45-64(46-41-56)75(60-30-17-11-18-31-60)54(5)39-44-58(8-3)76(61-32-19-12-20-33-61)62-34-21-13-22-35-62/h6,8-52H,1,3-4,7H2,2,5H3/b26-9-,54-39+,58-44+. The molecule has 0 saturated carbocycles. The van der Waals surface area contributed by atoms with Crippen molar-refractivity contribution < 1.29 is 0 Å². The Morgan fingerprint density at radius 3 is 1.32 bits per heavy atom. The van der Waals surface area contributed by atoms with E-state index in [-0.39, 0.29) is 0 Å². The fourth-order valence-electron chi connectivity index (χ4n) is 9.70. The molecule has 0 N–H and O–H groups in total. The van der Waals surface area contributed by atoms with Gasteiger partial charge in [-0.05, 0) is 158 Å². The van der Waals surface area contributed by atoms with Gasteiger partial charge < -0.3 is 19.6 Å². The lowest BCUT2D eigenvalue weighted by Crippen LogP contribution is -2.16. The molecule has 0 atom stereocenters. The van der Waals surface area contributed by atoms with Crippen LogP contribution in [0.5, 0.6) is 0 Å². The van der Waals surface area contributed by atoms with Crippen LogP contribution in [0.15, 0.2) is 316 Å². The maximum absolute atomic E-state index is 5.47. The lowest BCUT2D eigenvalue weighted by atomic mass is 10.0. The second-order valence-electron chi connectivity index (χ2n) is 18.4. The molecular weight excluding hydrogens is 937 g/mol. The monoisotopic (exact) mass is 996 g/mol. The minimum atomic E-state index is 0.812. The molecule has 0 amide bonds. The predicted octanol–water partition coefficient (Wildman–Crippen LogP) is 19.3. The molecule has 0 aliphatic heterocycles. The molecule has 1 aromatic heterocycles. The fourth-order valence-corrected chi connectivity index (χ4v) is 9.70. The van der Waals surface area contributed by atoms with Crippen molar-refractivity contribution in [1.29, 1.82) is 0 Å². The number of allylic oxidation sites excluding steroid dienone is 7. The molecule has 9 aromatic carbocycles. The van der Waals surface area contributed by atoms with Gasteiger partial charge in [-0.3, -0.25) is 0 Å². The third kappa shape index (κ3) is 11.2. The summed E-state index contributed by atoms with van der Waals surface area (Å²) in [6.07, 6.45) is 12.7. The van der Waals surface area contributed by atoms with E-state index in [0.717, 1.165) is 114 Å². The van der Waals surface area contributed by atoms with Crippen molar-refractivity contribution in [2.24, 2.45) is 0 Å². The van der Waals surface area contributed by atoms with Gasteiger partial charge in [0.15, 0.2) is 0 Å². The maximum Gasteiger partial charge on any atom is 0.0973 e. The van der Waals surface area contributed by atoms with Crippen molar-refractivity contribution in [3.05, 3.63) is 322 Å². The highest BCUT2D eigenvalue weighted by molar-refractivity contribution is 5.89. The fraction of sp³-hybridized carbons (Fsp3) is 0.0423. The maximum atomic E-state index is 5.47. The molecule has 10 aromatic rings. The van der Waals surface area contributed by atoms with Crippen molar-refractivity contribution in [3.63, 3.8) is 0 Å². The summed E-state index contributed by atoms with van der Waals surface area (Å²) in [4.78, 5) is 19.8. The summed E-state index contributed by atoms with van der Waals surface area (Å²) in [5.74, 6) is 0. The van der Waals surface area contributed by atoms with E-state index >= 15 is 0 Å². The summed E-state index contributed by atoms with van der Waals surface area (Å²) in [5, 5.41) is 0. The second kappa shape index (κ2) is 23.9. The Morgan fingerprint density at radius 1 is 0.429 bits per heavy atom. The third-order valence-corrected chi connectivity index (χ3v) is 13.4. The normalized spacial score (nSPS) is 11.6. The van der Waals surface area contributed by atoms with Crippen molar-refractivity contribution in [2.75, 3.05) is 19.6 Å². The van der Waals surface area contributed by atoms with Crippen LogP contribution in [-0.2, 0) is 6.42 Å². The van der Waals surface area contributed by atoms with Gasteiger partial charge in [-0.25, -0.2) is 9.97 Å². The van der Waals surface area contributed by atoms with E-state index in [1.165, 1.54) is 0 Å². The van der Waals surface area contributed by atoms with Gasteiger partial charge in [-0.2, -0.15) is 0 Å². The highest BCUT2D eigenvalue weighted by Gasteiger charge is 2.20. The first kappa shape index (κ1) is 50.5. The number of para-hydroxylation sites is 6. The van der Waals surface area contributed by atoms with Crippen molar-refractivity contribution in [1.82, 2.24) is 9.97 Å². The Morgan fingerprint density at radius 2 is 0.831 bits per heavy atom. The molecule has 0 unspecified atom stereocenters. The molecule has 0 saturated heterocycles. The molecule has 374 valence electrons. The predicted molar refractivity (Wildman–Crippen MR) is 327 cm³/mol. The SMILES string of the molecule is C=C/C=C\C(=C)N(c1ccccc1)c1ccc(N(c2ccccc2)c2ccc(-c3nc4c(CC)cccc4nc3-c3ccc(N(/C(C)=C/C=C(\C=C)N(c4ccccc4)c4ccccc4)c4ccccc4)cc3)cc2)cc1. The minimum Gasteiger partial charge on any atom is -0.315 e. The number of rotatable bonds is 19. The van der Waals surface area contributed by atoms with Gasteiger partial charge in [0.2, 0.25) is 0 Å². The Kier molecular flexibility index (Phi) is 15.7. The number of hydrogen-bond donors (Lipinski definition) is 0. The van der Waals surface area contributed by atoms with Gasteiger partial charge in [-0.1, -0.05) is 166 Å². The van der Waals surface area contributed by atoms with Crippen molar-refractivity contribution in [2.45, 2.75) is 20.3 Å². The lowest BCUT2D eigenvalue weighted by Gasteiger charge is -2.28. The van der Waals surface area contributed by atoms with Crippen molar-refractivity contribution in [3.8, 4) is 22.5 Å². The quantitative estimate of drug-likeness (QED) is 0.0752. The molecule has 0 bridgehead atoms. The molecule has 0 spiro atoms. The molecule has 77 heavy (non-hydrogen) atoms. The summed E-state index contributed by atoms with van der Waals surface area (Å²) < 4.78 is 0. The number of anilines is 9. The van der Waals surface area contributed by atoms with Gasteiger partial charge in [-0.15, -0.1) is 0 Å². The zero-order valence-electron chi connectivity index (χ0n) is 43.6. The van der Waals surface area contributed by atoms with Gasteiger partial charge in [0, 0.05) is 79.4 Å². The van der Waals surface area contributed by atoms with E-state index < -0.39 is 0 Å². The Hall–Kier alpha value is -10.0. The topological polar surface area (TPSA) is 38.7 Å². The zero-order chi connectivity index (χ0) is 52.9. The summed E-state index contributed by atoms with van der Waals surface area (Å²) in [7, 11) is 0. The first-order valence-corrected chi connectivity index (χ1v) is 26.0. The third-order valence-electron chi connectivity index (χ3n) is 13.4. The number of nitrogens with zero attached hydrogens (tertiary/aromatic N) is 6. The van der Waals surface area contributed by atoms with E-state index in [4.69, 9.17) is 9.97 Å². The second-order valence-corrected chi connectivity index (χ2v) is 18.4. The van der Waals surface area contributed by atoms with E-state index in [0.29, 0.717) is 0 Å². The molecule has 6 heteroatoms. The smallest absolute Gasteiger partial charge is 0.0973 e. The van der Waals surface area contributed by atoms with Crippen LogP contribution >= 0.6 is 0 Å². The van der Waals surface area contributed by atoms with Crippen LogP contribution in [0.4, 0.5) is 51.2 Å². The molecule has 0 aliphatic carbocycles. The van der Waals surface area contributed by atoms with Crippen LogP contribution in [-0.4, -0.2) is 9.97 Å². The highest BCUT2D eigenvalue weighted by Crippen LogP contribution is 2.41. The molecule has 10 rings (SSSR count). The van der Waals surface area contributed by atoms with Gasteiger partial charge in [0.25, 0.3) is 0 Å². The molecule has 0 aliphatic rings. The number of aromatic nitrogens is 2. The van der Waals surface area contributed by atoms with Crippen LogP contribution in [0.25, 0.3) is 33.5 Å². The average Bonchev–Trinajstić information content (AvgIpc) is 3.49. The summed E-state index contributed by atoms with van der Waals surface area (Å²) in [5.41, 5.74) is 18.5. The Balaban J connectivity index is 1.01. The van der Waals surface area contributed by atoms with E-state index in [1.54, 1.807) is 6.08 Å². The number of hydrogen-bond acceptors (Lipinski definition) is 6. The number of benzene rings is 9. The number of aryl methyl sites for hydroxylation is 1. The summed E-state index contributed by atoms with van der Waals surface area (Å²) >= 11 is 0. The first-order chi connectivity index (χ1) is 37.9. The number of fused-ring (bicyclic) bond motifs is 1. The summed E-state index contributed by atoms with van der Waals surface area (Å²) in [6.45, 7) is 16.8. The molecular formula is C71H60N6. The van der Waals surface area contributed by atoms with Crippen LogP contribution in [0.2, 0.25) is 0 Å². The Labute approximate surface area is 453 Å². The Bertz CT molecular complexity index is 3660. The zero-order valence-corrected chi connectivity index (χ0v) is 43.6. The van der Waals surface area contributed by atoms with E-state index in [9.17, 15) is 0 Å². The van der Waals surface area contributed by atoms with Crippen molar-refractivity contribution >= 4 is 62.2 Å². The lowest BCUT2D eigenvalue weighted by molar-refractivity contribution is 1.14. The molecule has 6 nitrogen and oxygen atoms in total. The van der Waals surface area contributed by atoms with E-state index in [1.807, 2.05) is 60.7 Å². The van der Waals surface area contributed by atoms with Crippen LogP contribution in [0, 0.1) is 0 Å². The van der Waals surface area contributed by atoms with E-state index in [2.05, 4.69) is 266 Å². The molecule has 1 heterocycles. The van der Waals surface area contributed by atoms with Crippen LogP contribution in [0.1, 0.15) is 19.4 Å². The average molecular weight is 997 g/mol. The largest absolute Gasteiger partial charge is 0.315 e. The highest BCUT2D eigenvalue weighted by atomic mass is 15.2. The van der Waals surface area contributed by atoms with Crippen LogP contribution < -0.4 is 19.6 Å². The van der Waals surface area contributed by atoms with Gasteiger partial charge in [0.1, 0.15) is 0 Å². The van der Waals surface area contributed by atoms with Gasteiger partial charge in [0.05, 0.1) is 22.4 Å². The molecule has 0 fully saturated rings. The summed E-state index contributed by atoms with van der Waals surface area (Å²) in [6, 6.07) is 84.3. The van der Waals surface area contributed by atoms with Gasteiger partial charge >= 0.3 is 0 Å². The molecule has 0 radical (unpaired) electrons. The minimum absolute atomic E-state index is 0.812. The van der Waals surface area contributed by atoms with Crippen LogP contribution in [0.3, 0.4) is 0 Å². The first-order valence-electron chi connectivity index (χ1n) is 26.0.